The molecule has 0 aliphatic rings. The lowest BCUT2D eigenvalue weighted by Crippen LogP contribution is -2.31. The maximum atomic E-state index is 10.7. The number of aliphatic carboxylic acids is 1. The number of aromatic nitrogens is 2. The second-order valence-electron chi connectivity index (χ2n) is 3.37. The minimum atomic E-state index is -0.946. The van der Waals surface area contributed by atoms with E-state index in [2.05, 4.69) is 15.9 Å². The number of carboxylic acid groups (broad SMARTS) is 1. The second-order valence-corrected chi connectivity index (χ2v) is 3.37. The zero-order chi connectivity index (χ0) is 12.1. The van der Waals surface area contributed by atoms with E-state index < -0.39 is 5.97 Å². The first-order chi connectivity index (χ1) is 7.54. The molecular formula is C11H13N3O2. The van der Waals surface area contributed by atoms with Gasteiger partial charge in [-0.15, -0.1) is 6.42 Å². The van der Waals surface area contributed by atoms with E-state index in [-0.39, 0.29) is 13.1 Å². The summed E-state index contributed by atoms with van der Waals surface area (Å²) in [6, 6.07) is 0. The van der Waals surface area contributed by atoms with Crippen molar-refractivity contribution in [2.24, 2.45) is 0 Å². The van der Waals surface area contributed by atoms with Crippen molar-refractivity contribution in [2.75, 3.05) is 18.0 Å². The van der Waals surface area contributed by atoms with Crippen LogP contribution in [-0.2, 0) is 4.79 Å². The third-order valence-corrected chi connectivity index (χ3v) is 1.96. The minimum Gasteiger partial charge on any atom is -0.480 e. The highest BCUT2D eigenvalue weighted by atomic mass is 16.4. The summed E-state index contributed by atoms with van der Waals surface area (Å²) in [5, 5.41) is 8.77. The maximum Gasteiger partial charge on any atom is 0.323 e. The van der Waals surface area contributed by atoms with Gasteiger partial charge in [0.1, 0.15) is 6.54 Å². The molecule has 1 heterocycles. The van der Waals surface area contributed by atoms with Gasteiger partial charge in [0, 0.05) is 6.20 Å². The number of nitrogens with zero attached hydrogens (tertiary/aromatic N) is 3. The summed E-state index contributed by atoms with van der Waals surface area (Å²) in [6.07, 6.45) is 6.83. The highest BCUT2D eigenvalue weighted by Crippen LogP contribution is 2.14. The molecule has 5 nitrogen and oxygen atoms in total. The Bertz CT molecular complexity index is 437. The number of hydrogen-bond donors (Lipinski definition) is 1. The van der Waals surface area contributed by atoms with E-state index in [1.165, 1.54) is 4.90 Å². The summed E-state index contributed by atoms with van der Waals surface area (Å²) < 4.78 is 0. The van der Waals surface area contributed by atoms with E-state index in [0.717, 1.165) is 5.69 Å². The van der Waals surface area contributed by atoms with Crippen LogP contribution in [0.5, 0.6) is 0 Å². The molecule has 1 rings (SSSR count). The van der Waals surface area contributed by atoms with Crippen LogP contribution in [0.2, 0.25) is 0 Å². The average Bonchev–Trinajstić information content (AvgIpc) is 2.20. The molecule has 0 radical (unpaired) electrons. The lowest BCUT2D eigenvalue weighted by Gasteiger charge is -2.20. The van der Waals surface area contributed by atoms with Crippen LogP contribution in [-0.4, -0.2) is 34.1 Å². The third-order valence-electron chi connectivity index (χ3n) is 1.96. The maximum absolute atomic E-state index is 10.7. The van der Waals surface area contributed by atoms with Crippen LogP contribution in [0.3, 0.4) is 0 Å². The predicted octanol–water partition coefficient (Wildman–Crippen LogP) is 0.618. The zero-order valence-electron chi connectivity index (χ0n) is 9.27. The fourth-order valence-corrected chi connectivity index (χ4v) is 1.30. The van der Waals surface area contributed by atoms with Crippen LogP contribution in [0.25, 0.3) is 0 Å². The van der Waals surface area contributed by atoms with Gasteiger partial charge in [-0.25, -0.2) is 4.98 Å². The average molecular weight is 219 g/mol. The van der Waals surface area contributed by atoms with Crippen LogP contribution in [0, 0.1) is 26.2 Å². The van der Waals surface area contributed by atoms with Gasteiger partial charge in [-0.3, -0.25) is 9.78 Å². The van der Waals surface area contributed by atoms with Crippen molar-refractivity contribution in [3.05, 3.63) is 17.6 Å². The summed E-state index contributed by atoms with van der Waals surface area (Å²) in [7, 11) is 0. The number of carbonyl (C=O) groups is 1. The highest BCUT2D eigenvalue weighted by Gasteiger charge is 2.14. The molecule has 0 spiro atoms. The molecule has 0 saturated carbocycles. The Kier molecular flexibility index (Phi) is 3.84. The molecule has 0 aliphatic heterocycles. The summed E-state index contributed by atoms with van der Waals surface area (Å²) in [5.74, 6) is 1.99. The molecule has 0 atom stereocenters. The van der Waals surface area contributed by atoms with Gasteiger partial charge in [-0.2, -0.15) is 0 Å². The van der Waals surface area contributed by atoms with Gasteiger partial charge >= 0.3 is 5.97 Å². The van der Waals surface area contributed by atoms with E-state index in [9.17, 15) is 4.79 Å². The van der Waals surface area contributed by atoms with Gasteiger partial charge in [0.2, 0.25) is 0 Å². The van der Waals surface area contributed by atoms with Crippen LogP contribution >= 0.6 is 0 Å². The molecule has 1 N–H and O–H groups in total. The first-order valence-electron chi connectivity index (χ1n) is 4.75. The summed E-state index contributed by atoms with van der Waals surface area (Å²) in [6.45, 7) is 3.59. The molecule has 0 aromatic carbocycles. The van der Waals surface area contributed by atoms with Crippen molar-refractivity contribution < 1.29 is 9.90 Å². The van der Waals surface area contributed by atoms with Crippen molar-refractivity contribution in [3.8, 4) is 12.3 Å². The Morgan fingerprint density at radius 1 is 1.62 bits per heavy atom. The van der Waals surface area contributed by atoms with Crippen LogP contribution < -0.4 is 4.90 Å². The second kappa shape index (κ2) is 5.12. The van der Waals surface area contributed by atoms with Gasteiger partial charge in [0.15, 0.2) is 5.82 Å². The molecule has 0 fully saturated rings. The third kappa shape index (κ3) is 2.95. The normalized spacial score (nSPS) is 9.56. The molecule has 0 saturated heterocycles. The monoisotopic (exact) mass is 219 g/mol. The summed E-state index contributed by atoms with van der Waals surface area (Å²) in [5.41, 5.74) is 1.40. The lowest BCUT2D eigenvalue weighted by atomic mass is 10.3. The Morgan fingerprint density at radius 2 is 2.31 bits per heavy atom. The van der Waals surface area contributed by atoms with Gasteiger partial charge in [-0.1, -0.05) is 5.92 Å². The summed E-state index contributed by atoms with van der Waals surface area (Å²) in [4.78, 5) is 20.6. The van der Waals surface area contributed by atoms with Crippen LogP contribution in [0.4, 0.5) is 5.82 Å². The molecule has 0 aliphatic carbocycles. The summed E-state index contributed by atoms with van der Waals surface area (Å²) >= 11 is 0. The molecule has 5 heteroatoms. The van der Waals surface area contributed by atoms with Crippen molar-refractivity contribution in [1.82, 2.24) is 9.97 Å². The van der Waals surface area contributed by atoms with Crippen molar-refractivity contribution in [3.63, 3.8) is 0 Å². The van der Waals surface area contributed by atoms with E-state index in [0.29, 0.717) is 11.5 Å². The highest BCUT2D eigenvalue weighted by molar-refractivity contribution is 5.73. The molecule has 0 bridgehead atoms. The van der Waals surface area contributed by atoms with E-state index in [1.54, 1.807) is 20.0 Å². The van der Waals surface area contributed by atoms with Gasteiger partial charge in [0.05, 0.1) is 17.9 Å². The number of rotatable bonds is 4. The fourth-order valence-electron chi connectivity index (χ4n) is 1.30. The number of aryl methyl sites for hydroxylation is 2. The molecule has 84 valence electrons. The first kappa shape index (κ1) is 12.0. The lowest BCUT2D eigenvalue weighted by molar-refractivity contribution is -0.135. The van der Waals surface area contributed by atoms with Crippen molar-refractivity contribution in [1.29, 1.82) is 0 Å². The Labute approximate surface area is 94.1 Å². The topological polar surface area (TPSA) is 66.3 Å². The Balaban J connectivity index is 3.05. The molecule has 16 heavy (non-hydrogen) atoms. The Morgan fingerprint density at radius 3 is 2.88 bits per heavy atom. The minimum absolute atomic E-state index is 0.177. The fraction of sp³-hybridized carbons (Fsp3) is 0.364. The molecule has 1 aromatic rings. The van der Waals surface area contributed by atoms with Crippen molar-refractivity contribution >= 4 is 11.8 Å². The number of anilines is 1. The number of hydrogen-bond acceptors (Lipinski definition) is 4. The molecular weight excluding hydrogens is 206 g/mol. The molecule has 1 aromatic heterocycles. The first-order valence-corrected chi connectivity index (χ1v) is 4.75. The van der Waals surface area contributed by atoms with E-state index >= 15 is 0 Å². The molecule has 0 unspecified atom stereocenters. The van der Waals surface area contributed by atoms with Gasteiger partial charge in [0.25, 0.3) is 0 Å². The number of carboxylic acids is 1. The smallest absolute Gasteiger partial charge is 0.323 e. The number of terminal acetylenes is 1. The Hall–Kier alpha value is -2.09. The van der Waals surface area contributed by atoms with E-state index in [1.807, 2.05) is 0 Å². The van der Waals surface area contributed by atoms with Gasteiger partial charge < -0.3 is 10.0 Å². The SMILES string of the molecule is C#CCN(CC(=O)O)c1nc(C)cnc1C. The van der Waals surface area contributed by atoms with Crippen LogP contribution in [0.15, 0.2) is 6.20 Å². The largest absolute Gasteiger partial charge is 0.480 e. The van der Waals surface area contributed by atoms with Crippen LogP contribution in [0.1, 0.15) is 11.4 Å². The van der Waals surface area contributed by atoms with Gasteiger partial charge in [-0.05, 0) is 13.8 Å². The predicted molar refractivity (Wildman–Crippen MR) is 60.2 cm³/mol. The van der Waals surface area contributed by atoms with Crippen molar-refractivity contribution in [2.45, 2.75) is 13.8 Å². The van der Waals surface area contributed by atoms with E-state index in [4.69, 9.17) is 11.5 Å². The molecule has 0 amide bonds. The standard InChI is InChI=1S/C11H13N3O2/c1-4-5-14(7-10(15)16)11-9(3)12-6-8(2)13-11/h1,6H,5,7H2,2-3H3,(H,15,16). The quantitative estimate of drug-likeness (QED) is 0.752. The zero-order valence-corrected chi connectivity index (χ0v) is 9.27.